The second-order valence-corrected chi connectivity index (χ2v) is 5.95. The topological polar surface area (TPSA) is 0 Å². The van der Waals surface area contributed by atoms with Gasteiger partial charge in [-0.25, -0.2) is 0 Å². The molecule has 16 heavy (non-hydrogen) atoms. The van der Waals surface area contributed by atoms with E-state index < -0.39 is 0 Å². The molecule has 0 unspecified atom stereocenters. The van der Waals surface area contributed by atoms with Crippen molar-refractivity contribution >= 4 is 34.4 Å². The molecule has 0 saturated heterocycles. The first-order valence-electron chi connectivity index (χ1n) is 5.30. The van der Waals surface area contributed by atoms with Gasteiger partial charge in [0, 0.05) is 13.4 Å². The van der Waals surface area contributed by atoms with Crippen molar-refractivity contribution in [3.63, 3.8) is 0 Å². The molecular weight excluding hydrogens is 327 g/mol. The zero-order valence-electron chi connectivity index (χ0n) is 9.11. The molecule has 2 rings (SSSR count). The number of aryl methyl sites for hydroxylation is 1. The van der Waals surface area contributed by atoms with Crippen LogP contribution >= 0.6 is 34.4 Å². The predicted molar refractivity (Wildman–Crippen MR) is 79.1 cm³/mol. The highest BCUT2D eigenvalue weighted by Crippen LogP contribution is 2.28. The molecule has 2 aromatic carbocycles. The lowest BCUT2D eigenvalue weighted by atomic mass is 10.2. The monoisotopic (exact) mass is 340 g/mol. The molecule has 0 spiro atoms. The maximum absolute atomic E-state index is 2.33. The Kier molecular flexibility index (Phi) is 4.29. The average Bonchev–Trinajstić information content (AvgIpc) is 2.33. The van der Waals surface area contributed by atoms with Crippen LogP contribution < -0.4 is 0 Å². The van der Waals surface area contributed by atoms with Crippen molar-refractivity contribution in [1.29, 1.82) is 0 Å². The average molecular weight is 340 g/mol. The van der Waals surface area contributed by atoms with Crippen LogP contribution in [-0.2, 0) is 6.42 Å². The number of rotatable bonds is 3. The van der Waals surface area contributed by atoms with E-state index in [9.17, 15) is 0 Å². The van der Waals surface area contributed by atoms with E-state index in [2.05, 4.69) is 78.0 Å². The largest absolute Gasteiger partial charge is 0.0901 e. The van der Waals surface area contributed by atoms with Crippen molar-refractivity contribution < 1.29 is 0 Å². The minimum Gasteiger partial charge on any atom is -0.0901 e. The van der Waals surface area contributed by atoms with Gasteiger partial charge in [0.25, 0.3) is 0 Å². The molecule has 2 heteroatoms. The summed E-state index contributed by atoms with van der Waals surface area (Å²) >= 11 is 4.14. The molecule has 0 aliphatic heterocycles. The van der Waals surface area contributed by atoms with Gasteiger partial charge in [-0.1, -0.05) is 30.8 Å². The summed E-state index contributed by atoms with van der Waals surface area (Å²) in [4.78, 5) is 2.60. The second-order valence-electron chi connectivity index (χ2n) is 3.55. The Balaban J connectivity index is 2.11. The van der Waals surface area contributed by atoms with E-state index in [4.69, 9.17) is 0 Å². The molecule has 0 saturated carbocycles. The minimum atomic E-state index is 1.11. The van der Waals surface area contributed by atoms with E-state index in [0.29, 0.717) is 0 Å². The summed E-state index contributed by atoms with van der Waals surface area (Å²) in [5, 5.41) is 0. The van der Waals surface area contributed by atoms with E-state index in [1.54, 1.807) is 0 Å². The van der Waals surface area contributed by atoms with Gasteiger partial charge in [0.15, 0.2) is 0 Å². The van der Waals surface area contributed by atoms with E-state index in [0.717, 1.165) is 6.42 Å². The highest BCUT2D eigenvalue weighted by Gasteiger charge is 1.97. The molecule has 0 nitrogen and oxygen atoms in total. The third-order valence-corrected chi connectivity index (χ3v) is 4.12. The summed E-state index contributed by atoms with van der Waals surface area (Å²) in [5.41, 5.74) is 1.40. The van der Waals surface area contributed by atoms with E-state index >= 15 is 0 Å². The second kappa shape index (κ2) is 5.73. The van der Waals surface area contributed by atoms with Crippen LogP contribution in [0.25, 0.3) is 0 Å². The Labute approximate surface area is 115 Å². The Morgan fingerprint density at radius 3 is 1.88 bits per heavy atom. The highest BCUT2D eigenvalue weighted by molar-refractivity contribution is 14.1. The van der Waals surface area contributed by atoms with Crippen LogP contribution in [0.5, 0.6) is 0 Å². The molecule has 0 radical (unpaired) electrons. The van der Waals surface area contributed by atoms with Crippen LogP contribution in [0, 0.1) is 3.57 Å². The van der Waals surface area contributed by atoms with Crippen molar-refractivity contribution in [2.45, 2.75) is 23.1 Å². The quantitative estimate of drug-likeness (QED) is 0.708. The first-order chi connectivity index (χ1) is 7.78. The smallest absolute Gasteiger partial charge is 0.0131 e. The van der Waals surface area contributed by atoms with Crippen molar-refractivity contribution in [1.82, 2.24) is 0 Å². The van der Waals surface area contributed by atoms with Gasteiger partial charge in [-0.2, -0.15) is 0 Å². The summed E-state index contributed by atoms with van der Waals surface area (Å²) in [7, 11) is 0. The Morgan fingerprint density at radius 1 is 0.875 bits per heavy atom. The summed E-state index contributed by atoms with van der Waals surface area (Å²) in [6, 6.07) is 17.4. The van der Waals surface area contributed by atoms with Gasteiger partial charge >= 0.3 is 0 Å². The van der Waals surface area contributed by atoms with Gasteiger partial charge in [0.1, 0.15) is 0 Å². The molecule has 0 bridgehead atoms. The molecule has 0 fully saturated rings. The SMILES string of the molecule is CCc1ccc(Sc2ccc(I)cc2)cc1. The number of halogens is 1. The van der Waals surface area contributed by atoms with Crippen LogP contribution in [0.2, 0.25) is 0 Å². The van der Waals surface area contributed by atoms with E-state index in [1.165, 1.54) is 18.9 Å². The third-order valence-electron chi connectivity index (χ3n) is 2.38. The molecule has 0 heterocycles. The molecule has 0 N–H and O–H groups in total. The number of benzene rings is 2. The Bertz CT molecular complexity index is 445. The molecule has 2 aromatic rings. The van der Waals surface area contributed by atoms with E-state index in [1.807, 2.05) is 11.8 Å². The lowest BCUT2D eigenvalue weighted by molar-refractivity contribution is 1.13. The summed E-state index contributed by atoms with van der Waals surface area (Å²) < 4.78 is 1.28. The summed E-state index contributed by atoms with van der Waals surface area (Å²) in [6.45, 7) is 2.18. The normalized spacial score (nSPS) is 10.4. The van der Waals surface area contributed by atoms with Crippen molar-refractivity contribution in [3.8, 4) is 0 Å². The number of hydrogen-bond donors (Lipinski definition) is 0. The molecule has 0 aromatic heterocycles. The number of hydrogen-bond acceptors (Lipinski definition) is 1. The maximum Gasteiger partial charge on any atom is 0.0131 e. The standard InChI is InChI=1S/C14H13IS/c1-2-11-3-7-13(8-4-11)16-14-9-5-12(15)6-10-14/h3-10H,2H2,1H3. The van der Waals surface area contributed by atoms with Gasteiger partial charge in [0.2, 0.25) is 0 Å². The van der Waals surface area contributed by atoms with Crippen molar-refractivity contribution in [3.05, 3.63) is 57.7 Å². The van der Waals surface area contributed by atoms with Crippen molar-refractivity contribution in [2.75, 3.05) is 0 Å². The van der Waals surface area contributed by atoms with Gasteiger partial charge in [0.05, 0.1) is 0 Å². The molecule has 0 aliphatic rings. The third kappa shape index (κ3) is 3.25. The van der Waals surface area contributed by atoms with Crippen LogP contribution in [0.1, 0.15) is 12.5 Å². The molecule has 0 aliphatic carbocycles. The summed E-state index contributed by atoms with van der Waals surface area (Å²) in [5.74, 6) is 0. The molecule has 82 valence electrons. The lowest BCUT2D eigenvalue weighted by Gasteiger charge is -2.03. The van der Waals surface area contributed by atoms with Crippen molar-refractivity contribution in [2.24, 2.45) is 0 Å². The summed E-state index contributed by atoms with van der Waals surface area (Å²) in [6.07, 6.45) is 1.11. The van der Waals surface area contributed by atoms with Crippen LogP contribution in [0.3, 0.4) is 0 Å². The van der Waals surface area contributed by atoms with Gasteiger partial charge in [-0.05, 0) is 71.0 Å². The predicted octanol–water partition coefficient (Wildman–Crippen LogP) is 5.00. The maximum atomic E-state index is 2.33. The van der Waals surface area contributed by atoms with Gasteiger partial charge in [-0.15, -0.1) is 0 Å². The fourth-order valence-electron chi connectivity index (χ4n) is 1.43. The Hall–Kier alpha value is -0.480. The highest BCUT2D eigenvalue weighted by atomic mass is 127. The minimum absolute atomic E-state index is 1.11. The van der Waals surface area contributed by atoms with Crippen LogP contribution in [0.15, 0.2) is 58.3 Å². The first-order valence-corrected chi connectivity index (χ1v) is 7.20. The molecular formula is C14H13IS. The fourth-order valence-corrected chi connectivity index (χ4v) is 2.61. The zero-order valence-corrected chi connectivity index (χ0v) is 12.1. The Morgan fingerprint density at radius 2 is 1.38 bits per heavy atom. The fraction of sp³-hybridized carbons (Fsp3) is 0.143. The van der Waals surface area contributed by atoms with Gasteiger partial charge in [-0.3, -0.25) is 0 Å². The molecule has 0 atom stereocenters. The first kappa shape index (κ1) is 12.0. The zero-order chi connectivity index (χ0) is 11.4. The van der Waals surface area contributed by atoms with Crippen LogP contribution in [-0.4, -0.2) is 0 Å². The lowest BCUT2D eigenvalue weighted by Crippen LogP contribution is -1.79. The van der Waals surface area contributed by atoms with E-state index in [-0.39, 0.29) is 0 Å². The van der Waals surface area contributed by atoms with Gasteiger partial charge < -0.3 is 0 Å². The molecule has 0 amide bonds. The van der Waals surface area contributed by atoms with Crippen LogP contribution in [0.4, 0.5) is 0 Å².